The van der Waals surface area contributed by atoms with Crippen molar-refractivity contribution in [1.82, 2.24) is 9.97 Å². The lowest BCUT2D eigenvalue weighted by Gasteiger charge is -1.98. The largest absolute Gasteiger partial charge is 0.335 e. The number of hydrogen-bond acceptors (Lipinski definition) is 4. The SMILES string of the molecule is O=NC(=O)c1cc2cnc(Cl)cc2cn1. The molecule has 0 unspecified atom stereocenters. The van der Waals surface area contributed by atoms with Crippen LogP contribution in [-0.4, -0.2) is 15.9 Å². The Balaban J connectivity index is 2.61. The van der Waals surface area contributed by atoms with Gasteiger partial charge in [-0.2, -0.15) is 0 Å². The van der Waals surface area contributed by atoms with Crippen molar-refractivity contribution in [3.8, 4) is 0 Å². The summed E-state index contributed by atoms with van der Waals surface area (Å²) in [6.45, 7) is 0. The van der Waals surface area contributed by atoms with Crippen LogP contribution in [0.2, 0.25) is 5.15 Å². The second kappa shape index (κ2) is 3.70. The number of hydrogen-bond donors (Lipinski definition) is 0. The van der Waals surface area contributed by atoms with Gasteiger partial charge in [-0.05, 0) is 12.1 Å². The van der Waals surface area contributed by atoms with Gasteiger partial charge in [0.1, 0.15) is 10.8 Å². The minimum Gasteiger partial charge on any atom is -0.261 e. The third-order valence-corrected chi connectivity index (χ3v) is 2.08. The lowest BCUT2D eigenvalue weighted by atomic mass is 10.2. The molecular formula is C9H4ClN3O2. The Morgan fingerprint density at radius 2 is 1.87 bits per heavy atom. The Kier molecular flexibility index (Phi) is 2.39. The van der Waals surface area contributed by atoms with Crippen LogP contribution in [0.1, 0.15) is 10.5 Å². The molecule has 0 fully saturated rings. The zero-order chi connectivity index (χ0) is 10.8. The predicted molar refractivity (Wildman–Crippen MR) is 54.7 cm³/mol. The number of rotatable bonds is 1. The molecule has 0 aliphatic carbocycles. The van der Waals surface area contributed by atoms with Crippen molar-refractivity contribution in [2.45, 2.75) is 0 Å². The highest BCUT2D eigenvalue weighted by Crippen LogP contribution is 2.16. The molecule has 74 valence electrons. The molecule has 0 aromatic carbocycles. The standard InChI is InChI=1S/C9H4ClN3O2/c10-8-2-6-3-11-7(9(14)13-15)1-5(6)4-12-8/h1-4H. The van der Waals surface area contributed by atoms with Gasteiger partial charge in [-0.15, -0.1) is 4.91 Å². The van der Waals surface area contributed by atoms with Crippen LogP contribution in [0, 0.1) is 4.91 Å². The van der Waals surface area contributed by atoms with Crippen molar-refractivity contribution in [1.29, 1.82) is 0 Å². The Bertz CT molecular complexity index is 556. The average Bonchev–Trinajstić information content (AvgIpc) is 2.27. The van der Waals surface area contributed by atoms with Crippen LogP contribution in [0.25, 0.3) is 10.8 Å². The summed E-state index contributed by atoms with van der Waals surface area (Å²) >= 11 is 5.67. The number of aromatic nitrogens is 2. The summed E-state index contributed by atoms with van der Waals surface area (Å²) in [5, 5.41) is 4.06. The van der Waals surface area contributed by atoms with E-state index in [-0.39, 0.29) is 5.69 Å². The summed E-state index contributed by atoms with van der Waals surface area (Å²) in [4.78, 5) is 28.6. The molecule has 0 aliphatic rings. The fourth-order valence-electron chi connectivity index (χ4n) is 1.17. The van der Waals surface area contributed by atoms with E-state index < -0.39 is 5.91 Å². The maximum absolute atomic E-state index is 10.9. The molecule has 2 aromatic heterocycles. The van der Waals surface area contributed by atoms with E-state index in [9.17, 15) is 9.70 Å². The minimum absolute atomic E-state index is 0.00150. The summed E-state index contributed by atoms with van der Waals surface area (Å²) in [6.07, 6.45) is 2.95. The first kappa shape index (κ1) is 9.67. The highest BCUT2D eigenvalue weighted by molar-refractivity contribution is 6.30. The van der Waals surface area contributed by atoms with E-state index in [4.69, 9.17) is 11.6 Å². The number of nitrogens with zero attached hydrogens (tertiary/aromatic N) is 3. The van der Waals surface area contributed by atoms with Crippen molar-refractivity contribution in [2.24, 2.45) is 5.18 Å². The van der Waals surface area contributed by atoms with Crippen LogP contribution < -0.4 is 0 Å². The molecule has 1 amide bonds. The van der Waals surface area contributed by atoms with E-state index in [2.05, 4.69) is 15.1 Å². The summed E-state index contributed by atoms with van der Waals surface area (Å²) in [6, 6.07) is 3.06. The number of carbonyl (C=O) groups excluding carboxylic acids is 1. The maximum atomic E-state index is 10.9. The summed E-state index contributed by atoms with van der Waals surface area (Å²) in [7, 11) is 0. The highest BCUT2D eigenvalue weighted by Gasteiger charge is 2.08. The third-order valence-electron chi connectivity index (χ3n) is 1.87. The molecule has 0 saturated heterocycles. The van der Waals surface area contributed by atoms with Gasteiger partial charge in [0.25, 0.3) is 0 Å². The molecule has 2 rings (SSSR count). The van der Waals surface area contributed by atoms with Crippen molar-refractivity contribution in [3.63, 3.8) is 0 Å². The molecule has 0 radical (unpaired) electrons. The Morgan fingerprint density at radius 3 is 2.60 bits per heavy atom. The molecule has 2 aromatic rings. The van der Waals surface area contributed by atoms with E-state index in [1.54, 1.807) is 6.07 Å². The van der Waals surface area contributed by atoms with Gasteiger partial charge < -0.3 is 0 Å². The Labute approximate surface area is 89.1 Å². The summed E-state index contributed by atoms with van der Waals surface area (Å²) in [5.41, 5.74) is 0.00150. The lowest BCUT2D eigenvalue weighted by Crippen LogP contribution is -1.97. The quantitative estimate of drug-likeness (QED) is 0.547. The molecule has 0 bridgehead atoms. The van der Waals surface area contributed by atoms with Crippen LogP contribution in [0.5, 0.6) is 0 Å². The van der Waals surface area contributed by atoms with Gasteiger partial charge in [-0.3, -0.25) is 9.78 Å². The number of fused-ring (bicyclic) bond motifs is 1. The van der Waals surface area contributed by atoms with Crippen LogP contribution in [0.3, 0.4) is 0 Å². The molecule has 5 nitrogen and oxygen atoms in total. The van der Waals surface area contributed by atoms with E-state index in [1.807, 2.05) is 0 Å². The van der Waals surface area contributed by atoms with E-state index in [0.29, 0.717) is 10.5 Å². The highest BCUT2D eigenvalue weighted by atomic mass is 35.5. The second-order valence-corrected chi connectivity index (χ2v) is 3.21. The number of pyridine rings is 2. The zero-order valence-electron chi connectivity index (χ0n) is 7.35. The fraction of sp³-hybridized carbons (Fsp3) is 0. The van der Waals surface area contributed by atoms with Crippen LogP contribution in [-0.2, 0) is 0 Å². The molecule has 0 aliphatic heterocycles. The van der Waals surface area contributed by atoms with E-state index in [1.165, 1.54) is 18.5 Å². The van der Waals surface area contributed by atoms with Gasteiger partial charge in [0.2, 0.25) is 0 Å². The van der Waals surface area contributed by atoms with Crippen molar-refractivity contribution in [3.05, 3.63) is 40.3 Å². The molecule has 0 saturated carbocycles. The molecule has 2 heterocycles. The van der Waals surface area contributed by atoms with Crippen LogP contribution >= 0.6 is 11.6 Å². The van der Waals surface area contributed by atoms with Gasteiger partial charge in [0, 0.05) is 28.3 Å². The summed E-state index contributed by atoms with van der Waals surface area (Å²) < 4.78 is 0. The van der Waals surface area contributed by atoms with Gasteiger partial charge in [-0.1, -0.05) is 11.6 Å². The first-order chi connectivity index (χ1) is 7.20. The normalized spacial score (nSPS) is 10.2. The maximum Gasteiger partial charge on any atom is 0.335 e. The number of halogens is 1. The first-order valence-electron chi connectivity index (χ1n) is 3.99. The number of nitroso groups, excluding NO2 is 1. The Hall–Kier alpha value is -1.88. The first-order valence-corrected chi connectivity index (χ1v) is 4.37. The van der Waals surface area contributed by atoms with Gasteiger partial charge in [0.05, 0.1) is 0 Å². The zero-order valence-corrected chi connectivity index (χ0v) is 8.10. The molecule has 15 heavy (non-hydrogen) atoms. The molecule has 6 heteroatoms. The van der Waals surface area contributed by atoms with Crippen molar-refractivity contribution < 1.29 is 4.79 Å². The Morgan fingerprint density at radius 1 is 1.20 bits per heavy atom. The molecular weight excluding hydrogens is 218 g/mol. The number of amides is 1. The molecule has 0 atom stereocenters. The van der Waals surface area contributed by atoms with Crippen molar-refractivity contribution in [2.75, 3.05) is 0 Å². The van der Waals surface area contributed by atoms with Gasteiger partial charge in [-0.25, -0.2) is 4.98 Å². The fourth-order valence-corrected chi connectivity index (χ4v) is 1.34. The average molecular weight is 222 g/mol. The van der Waals surface area contributed by atoms with E-state index >= 15 is 0 Å². The van der Waals surface area contributed by atoms with Crippen LogP contribution in [0.15, 0.2) is 29.7 Å². The molecule has 0 spiro atoms. The predicted octanol–water partition coefficient (Wildman–Crippen LogP) is 2.19. The van der Waals surface area contributed by atoms with Crippen LogP contribution in [0.4, 0.5) is 0 Å². The topological polar surface area (TPSA) is 72.3 Å². The number of carbonyl (C=O) groups is 1. The minimum atomic E-state index is -0.896. The van der Waals surface area contributed by atoms with E-state index in [0.717, 1.165) is 5.39 Å². The van der Waals surface area contributed by atoms with Gasteiger partial charge in [0.15, 0.2) is 0 Å². The second-order valence-electron chi connectivity index (χ2n) is 2.82. The molecule has 0 N–H and O–H groups in total. The smallest absolute Gasteiger partial charge is 0.261 e. The monoisotopic (exact) mass is 221 g/mol. The summed E-state index contributed by atoms with van der Waals surface area (Å²) in [5.74, 6) is -0.896. The lowest BCUT2D eigenvalue weighted by molar-refractivity contribution is 0.0996. The third kappa shape index (κ3) is 1.82. The van der Waals surface area contributed by atoms with Gasteiger partial charge >= 0.3 is 5.91 Å². The van der Waals surface area contributed by atoms with Crippen molar-refractivity contribution >= 4 is 28.3 Å².